The third-order valence-electron chi connectivity index (χ3n) is 3.57. The predicted molar refractivity (Wildman–Crippen MR) is 77.8 cm³/mol. The largest absolute Gasteiger partial charge is 0.320 e. The Morgan fingerprint density at radius 1 is 1.00 bits per heavy atom. The van der Waals surface area contributed by atoms with Gasteiger partial charge in [-0.2, -0.15) is 0 Å². The maximum absolute atomic E-state index is 6.44. The molecule has 1 atom stereocenters. The summed E-state index contributed by atoms with van der Waals surface area (Å²) < 4.78 is 0. The zero-order valence-corrected chi connectivity index (χ0v) is 11.4. The maximum atomic E-state index is 6.44. The zero-order valence-electron chi connectivity index (χ0n) is 11.4. The van der Waals surface area contributed by atoms with Crippen LogP contribution in [0.5, 0.6) is 0 Å². The average molecular weight is 239 g/mol. The van der Waals surface area contributed by atoms with E-state index in [0.717, 1.165) is 6.42 Å². The molecule has 2 aromatic carbocycles. The van der Waals surface area contributed by atoms with Gasteiger partial charge in [0.15, 0.2) is 0 Å². The highest BCUT2D eigenvalue weighted by Crippen LogP contribution is 2.26. The van der Waals surface area contributed by atoms with E-state index in [0.29, 0.717) is 0 Å². The first-order valence-electron chi connectivity index (χ1n) is 6.54. The molecule has 0 amide bonds. The quantitative estimate of drug-likeness (QED) is 0.863. The highest BCUT2D eigenvalue weighted by atomic mass is 14.6. The molecule has 2 aromatic rings. The summed E-state index contributed by atoms with van der Waals surface area (Å²) in [5.41, 5.74) is 12.8. The van der Waals surface area contributed by atoms with Crippen molar-refractivity contribution in [1.82, 2.24) is 0 Å². The number of hydrogen-bond donors (Lipinski definition) is 1. The van der Waals surface area contributed by atoms with Gasteiger partial charge in [-0.05, 0) is 48.1 Å². The van der Waals surface area contributed by atoms with Crippen LogP contribution in [-0.4, -0.2) is 0 Å². The molecule has 18 heavy (non-hydrogen) atoms. The second-order valence-corrected chi connectivity index (χ2v) is 4.88. The van der Waals surface area contributed by atoms with Crippen LogP contribution < -0.4 is 5.73 Å². The topological polar surface area (TPSA) is 26.0 Å². The fourth-order valence-electron chi connectivity index (χ4n) is 2.49. The molecule has 2 rings (SSSR count). The average Bonchev–Trinajstić information content (AvgIpc) is 2.38. The van der Waals surface area contributed by atoms with Crippen LogP contribution in [0.2, 0.25) is 0 Å². The van der Waals surface area contributed by atoms with E-state index in [1.165, 1.54) is 27.8 Å². The van der Waals surface area contributed by atoms with Crippen molar-refractivity contribution in [3.05, 3.63) is 70.3 Å². The van der Waals surface area contributed by atoms with Crippen LogP contribution in [0.15, 0.2) is 42.5 Å². The van der Waals surface area contributed by atoms with Crippen molar-refractivity contribution in [2.24, 2.45) is 5.73 Å². The Balaban J connectivity index is 2.44. The van der Waals surface area contributed by atoms with Gasteiger partial charge in [-0.3, -0.25) is 0 Å². The Morgan fingerprint density at radius 3 is 2.22 bits per heavy atom. The van der Waals surface area contributed by atoms with E-state index in [9.17, 15) is 0 Å². The lowest BCUT2D eigenvalue weighted by Gasteiger charge is -2.18. The maximum Gasteiger partial charge on any atom is 0.0556 e. The molecule has 1 unspecified atom stereocenters. The minimum atomic E-state index is -0.0299. The van der Waals surface area contributed by atoms with Crippen LogP contribution in [-0.2, 0) is 6.42 Å². The molecular formula is C17H21N. The lowest BCUT2D eigenvalue weighted by atomic mass is 9.91. The van der Waals surface area contributed by atoms with Crippen LogP contribution in [0.3, 0.4) is 0 Å². The Hall–Kier alpha value is -1.60. The van der Waals surface area contributed by atoms with Gasteiger partial charge in [0, 0.05) is 0 Å². The van der Waals surface area contributed by atoms with Crippen LogP contribution in [0.1, 0.15) is 40.8 Å². The lowest BCUT2D eigenvalue weighted by molar-refractivity contribution is 0.848. The molecule has 2 N–H and O–H groups in total. The summed E-state index contributed by atoms with van der Waals surface area (Å²) in [6.07, 6.45) is 1.05. The van der Waals surface area contributed by atoms with Gasteiger partial charge in [-0.1, -0.05) is 49.4 Å². The molecular weight excluding hydrogens is 218 g/mol. The highest BCUT2D eigenvalue weighted by molar-refractivity contribution is 5.42. The predicted octanol–water partition coefficient (Wildman–Crippen LogP) is 3.91. The van der Waals surface area contributed by atoms with E-state index in [-0.39, 0.29) is 6.04 Å². The number of rotatable bonds is 3. The standard InChI is InChI=1S/C17H21N/c1-4-14-9-6-10-15(11-14)17(18)16-12(2)7-5-8-13(16)3/h5-11,17H,4,18H2,1-3H3. The molecule has 0 aromatic heterocycles. The van der Waals surface area contributed by atoms with E-state index in [4.69, 9.17) is 5.73 Å². The second kappa shape index (κ2) is 5.36. The summed E-state index contributed by atoms with van der Waals surface area (Å²) in [5, 5.41) is 0. The van der Waals surface area contributed by atoms with Crippen LogP contribution >= 0.6 is 0 Å². The van der Waals surface area contributed by atoms with E-state index >= 15 is 0 Å². The fourth-order valence-corrected chi connectivity index (χ4v) is 2.49. The van der Waals surface area contributed by atoms with Gasteiger partial charge in [-0.15, -0.1) is 0 Å². The van der Waals surface area contributed by atoms with Crippen molar-refractivity contribution < 1.29 is 0 Å². The number of hydrogen-bond acceptors (Lipinski definition) is 1. The summed E-state index contributed by atoms with van der Waals surface area (Å²) >= 11 is 0. The Labute approximate surface area is 110 Å². The van der Waals surface area contributed by atoms with E-state index < -0.39 is 0 Å². The molecule has 0 saturated heterocycles. The lowest BCUT2D eigenvalue weighted by Crippen LogP contribution is -2.15. The zero-order chi connectivity index (χ0) is 13.1. The monoisotopic (exact) mass is 239 g/mol. The first kappa shape index (κ1) is 12.8. The second-order valence-electron chi connectivity index (χ2n) is 4.88. The first-order chi connectivity index (χ1) is 8.63. The molecule has 0 aliphatic rings. The summed E-state index contributed by atoms with van der Waals surface area (Å²) in [4.78, 5) is 0. The van der Waals surface area contributed by atoms with Crippen molar-refractivity contribution in [3.63, 3.8) is 0 Å². The van der Waals surface area contributed by atoms with Crippen molar-refractivity contribution in [2.45, 2.75) is 33.2 Å². The number of aryl methyl sites for hydroxylation is 3. The minimum absolute atomic E-state index is 0.0299. The van der Waals surface area contributed by atoms with Crippen molar-refractivity contribution in [1.29, 1.82) is 0 Å². The van der Waals surface area contributed by atoms with E-state index in [1.54, 1.807) is 0 Å². The Morgan fingerprint density at radius 2 is 1.61 bits per heavy atom. The number of benzene rings is 2. The summed E-state index contributed by atoms with van der Waals surface area (Å²) in [6, 6.07) is 14.9. The van der Waals surface area contributed by atoms with Crippen molar-refractivity contribution >= 4 is 0 Å². The Bertz CT molecular complexity index is 523. The molecule has 1 nitrogen and oxygen atoms in total. The molecule has 0 heterocycles. The van der Waals surface area contributed by atoms with Crippen LogP contribution in [0.4, 0.5) is 0 Å². The highest BCUT2D eigenvalue weighted by Gasteiger charge is 2.13. The molecule has 0 fully saturated rings. The van der Waals surface area contributed by atoms with Gasteiger partial charge in [0.25, 0.3) is 0 Å². The smallest absolute Gasteiger partial charge is 0.0556 e. The number of nitrogens with two attached hydrogens (primary N) is 1. The summed E-state index contributed by atoms with van der Waals surface area (Å²) in [6.45, 7) is 6.43. The summed E-state index contributed by atoms with van der Waals surface area (Å²) in [5.74, 6) is 0. The van der Waals surface area contributed by atoms with Gasteiger partial charge < -0.3 is 5.73 Å². The summed E-state index contributed by atoms with van der Waals surface area (Å²) in [7, 11) is 0. The first-order valence-corrected chi connectivity index (χ1v) is 6.54. The van der Waals surface area contributed by atoms with Gasteiger partial charge in [-0.25, -0.2) is 0 Å². The third-order valence-corrected chi connectivity index (χ3v) is 3.57. The van der Waals surface area contributed by atoms with Gasteiger partial charge in [0.2, 0.25) is 0 Å². The molecule has 0 radical (unpaired) electrons. The minimum Gasteiger partial charge on any atom is -0.320 e. The van der Waals surface area contributed by atoms with Gasteiger partial charge >= 0.3 is 0 Å². The normalized spacial score (nSPS) is 12.4. The van der Waals surface area contributed by atoms with Crippen molar-refractivity contribution in [2.75, 3.05) is 0 Å². The van der Waals surface area contributed by atoms with Gasteiger partial charge in [0.1, 0.15) is 0 Å². The Kier molecular flexibility index (Phi) is 3.83. The SMILES string of the molecule is CCc1cccc(C(N)c2c(C)cccc2C)c1. The van der Waals surface area contributed by atoms with Crippen LogP contribution in [0, 0.1) is 13.8 Å². The van der Waals surface area contributed by atoms with E-state index in [1.807, 2.05) is 0 Å². The molecule has 0 aliphatic carbocycles. The fraction of sp³-hybridized carbons (Fsp3) is 0.294. The molecule has 0 aliphatic heterocycles. The van der Waals surface area contributed by atoms with E-state index in [2.05, 4.69) is 63.2 Å². The van der Waals surface area contributed by atoms with Crippen molar-refractivity contribution in [3.8, 4) is 0 Å². The van der Waals surface area contributed by atoms with Gasteiger partial charge in [0.05, 0.1) is 6.04 Å². The van der Waals surface area contributed by atoms with Crippen LogP contribution in [0.25, 0.3) is 0 Å². The molecule has 94 valence electrons. The molecule has 0 saturated carbocycles. The third kappa shape index (κ3) is 2.46. The molecule has 0 spiro atoms. The molecule has 1 heteroatoms. The molecule has 0 bridgehead atoms.